The van der Waals surface area contributed by atoms with Gasteiger partial charge in [0.2, 0.25) is 5.91 Å². The van der Waals surface area contributed by atoms with E-state index in [1.54, 1.807) is 30.1 Å². The predicted molar refractivity (Wildman–Crippen MR) is 102 cm³/mol. The molecule has 3 atom stereocenters. The Bertz CT molecular complexity index is 832. The molecule has 2 fully saturated rings. The highest BCUT2D eigenvalue weighted by molar-refractivity contribution is 5.91. The van der Waals surface area contributed by atoms with Crippen molar-refractivity contribution >= 4 is 12.0 Å². The summed E-state index contributed by atoms with van der Waals surface area (Å²) in [6, 6.07) is 12.3. The molecule has 0 aliphatic carbocycles. The van der Waals surface area contributed by atoms with E-state index in [2.05, 4.69) is 29.4 Å². The number of nitrogens with zero attached hydrogens (tertiary/aromatic N) is 3. The van der Waals surface area contributed by atoms with Gasteiger partial charge in [-0.2, -0.15) is 5.10 Å². The fraction of sp³-hybridized carbons (Fsp3) is 0.429. The molecule has 0 N–H and O–H groups in total. The molecule has 142 valence electrons. The Hall–Kier alpha value is -2.44. The number of hydrogen-bond acceptors (Lipinski definition) is 4. The number of carbonyl (C=O) groups excluding carboxylic acids is 1. The van der Waals surface area contributed by atoms with Crippen LogP contribution in [0.3, 0.4) is 0 Å². The van der Waals surface area contributed by atoms with Gasteiger partial charge in [0.1, 0.15) is 11.7 Å². The van der Waals surface area contributed by atoms with Crippen LogP contribution in [-0.4, -0.2) is 59.1 Å². The topological polar surface area (TPSA) is 56.6 Å². The maximum absolute atomic E-state index is 12.7. The average molecular weight is 367 g/mol. The number of hydrogen-bond donors (Lipinski definition) is 0. The van der Waals surface area contributed by atoms with Crippen LogP contribution in [0.25, 0.3) is 6.08 Å². The molecule has 2 saturated heterocycles. The zero-order valence-corrected chi connectivity index (χ0v) is 15.7. The minimum absolute atomic E-state index is 0.0260. The SMILES string of the molecule is CO[C@@H]1CN(C(=O)/C=C/c2ccnn2C)C[C@]12C[C@@H](c1ccccc1)CO2. The minimum atomic E-state index is -0.425. The van der Waals surface area contributed by atoms with Crippen LogP contribution in [0.1, 0.15) is 23.6 Å². The lowest BCUT2D eigenvalue weighted by molar-refractivity contribution is -0.126. The maximum atomic E-state index is 12.7. The molecule has 27 heavy (non-hydrogen) atoms. The maximum Gasteiger partial charge on any atom is 0.246 e. The Morgan fingerprint density at radius 1 is 1.33 bits per heavy atom. The number of carbonyl (C=O) groups is 1. The molecular weight excluding hydrogens is 342 g/mol. The Morgan fingerprint density at radius 2 is 2.15 bits per heavy atom. The number of rotatable bonds is 4. The lowest BCUT2D eigenvalue weighted by Crippen LogP contribution is -2.42. The highest BCUT2D eigenvalue weighted by Crippen LogP contribution is 2.43. The van der Waals surface area contributed by atoms with E-state index in [1.165, 1.54) is 5.56 Å². The second-order valence-electron chi connectivity index (χ2n) is 7.34. The van der Waals surface area contributed by atoms with Gasteiger partial charge in [0.25, 0.3) is 0 Å². The van der Waals surface area contributed by atoms with E-state index < -0.39 is 5.60 Å². The molecule has 6 nitrogen and oxygen atoms in total. The monoisotopic (exact) mass is 367 g/mol. The van der Waals surface area contributed by atoms with E-state index >= 15 is 0 Å². The summed E-state index contributed by atoms with van der Waals surface area (Å²) in [4.78, 5) is 14.5. The summed E-state index contributed by atoms with van der Waals surface area (Å²) in [6.45, 7) is 1.77. The first-order valence-electron chi connectivity index (χ1n) is 9.28. The van der Waals surface area contributed by atoms with Gasteiger partial charge in [-0.15, -0.1) is 0 Å². The molecule has 1 aromatic heterocycles. The number of likely N-dealkylation sites (tertiary alicyclic amines) is 1. The highest BCUT2D eigenvalue weighted by atomic mass is 16.6. The van der Waals surface area contributed by atoms with Gasteiger partial charge < -0.3 is 14.4 Å². The summed E-state index contributed by atoms with van der Waals surface area (Å²) < 4.78 is 13.7. The van der Waals surface area contributed by atoms with E-state index in [4.69, 9.17) is 9.47 Å². The minimum Gasteiger partial charge on any atom is -0.377 e. The van der Waals surface area contributed by atoms with E-state index in [9.17, 15) is 4.79 Å². The molecule has 3 heterocycles. The molecule has 1 spiro atoms. The Morgan fingerprint density at radius 3 is 2.85 bits per heavy atom. The molecule has 1 amide bonds. The lowest BCUT2D eigenvalue weighted by atomic mass is 9.87. The molecule has 6 heteroatoms. The van der Waals surface area contributed by atoms with Crippen LogP contribution in [0, 0.1) is 0 Å². The summed E-state index contributed by atoms with van der Waals surface area (Å²) in [7, 11) is 3.55. The molecule has 2 aliphatic heterocycles. The van der Waals surface area contributed by atoms with E-state index in [-0.39, 0.29) is 12.0 Å². The fourth-order valence-electron chi connectivity index (χ4n) is 4.20. The first kappa shape index (κ1) is 17.9. The quantitative estimate of drug-likeness (QED) is 0.778. The summed E-state index contributed by atoms with van der Waals surface area (Å²) in [5.74, 6) is 0.311. The van der Waals surface area contributed by atoms with Crippen LogP contribution in [0.2, 0.25) is 0 Å². The van der Waals surface area contributed by atoms with Gasteiger partial charge in [-0.05, 0) is 24.1 Å². The first-order chi connectivity index (χ1) is 13.1. The number of aromatic nitrogens is 2. The van der Waals surface area contributed by atoms with Gasteiger partial charge in [-0.25, -0.2) is 0 Å². The van der Waals surface area contributed by atoms with Crippen LogP contribution in [0.15, 0.2) is 48.7 Å². The van der Waals surface area contributed by atoms with Gasteiger partial charge >= 0.3 is 0 Å². The molecule has 0 saturated carbocycles. The zero-order valence-electron chi connectivity index (χ0n) is 15.7. The lowest BCUT2D eigenvalue weighted by Gasteiger charge is -2.28. The van der Waals surface area contributed by atoms with Crippen LogP contribution in [-0.2, 0) is 21.3 Å². The van der Waals surface area contributed by atoms with Crippen LogP contribution in [0.5, 0.6) is 0 Å². The first-order valence-corrected chi connectivity index (χ1v) is 9.28. The predicted octanol–water partition coefficient (Wildman–Crippen LogP) is 2.23. The van der Waals surface area contributed by atoms with E-state index in [1.807, 2.05) is 24.1 Å². The number of methoxy groups -OCH3 is 1. The zero-order chi connectivity index (χ0) is 18.9. The molecule has 0 unspecified atom stereocenters. The van der Waals surface area contributed by atoms with Gasteiger partial charge in [0.15, 0.2) is 0 Å². The normalized spacial score (nSPS) is 27.9. The Kier molecular flexibility index (Phi) is 4.85. The van der Waals surface area contributed by atoms with Gasteiger partial charge in [-0.1, -0.05) is 30.3 Å². The van der Waals surface area contributed by atoms with Crippen molar-refractivity contribution in [2.75, 3.05) is 26.8 Å². The number of amides is 1. The number of benzene rings is 1. The van der Waals surface area contributed by atoms with Crippen molar-refractivity contribution in [1.82, 2.24) is 14.7 Å². The molecule has 4 rings (SSSR count). The summed E-state index contributed by atoms with van der Waals surface area (Å²) in [5, 5.41) is 4.11. The van der Waals surface area contributed by atoms with Crippen LogP contribution in [0.4, 0.5) is 0 Å². The van der Waals surface area contributed by atoms with Crippen LogP contribution >= 0.6 is 0 Å². The molecule has 2 aromatic rings. The molecule has 0 radical (unpaired) electrons. The van der Waals surface area contributed by atoms with Gasteiger partial charge in [0.05, 0.1) is 25.4 Å². The van der Waals surface area contributed by atoms with E-state index in [0.717, 1.165) is 12.1 Å². The smallest absolute Gasteiger partial charge is 0.246 e. The van der Waals surface area contributed by atoms with Crippen molar-refractivity contribution in [2.45, 2.75) is 24.0 Å². The summed E-state index contributed by atoms with van der Waals surface area (Å²) in [6.07, 6.45) is 5.87. The summed E-state index contributed by atoms with van der Waals surface area (Å²) >= 11 is 0. The largest absolute Gasteiger partial charge is 0.377 e. The Labute approximate surface area is 159 Å². The standard InChI is InChI=1S/C21H25N3O3/c1-23-18(10-11-22-23)8-9-20(25)24-13-19(26-2)21(15-24)12-17(14-27-21)16-6-4-3-5-7-16/h3-11,17,19H,12-15H2,1-2H3/b9-8+/t17-,19-,21-/m1/s1. The van der Waals surface area contributed by atoms with E-state index in [0.29, 0.717) is 25.6 Å². The number of aryl methyl sites for hydroxylation is 1. The van der Waals surface area contributed by atoms with Crippen molar-refractivity contribution in [3.05, 3.63) is 59.9 Å². The van der Waals surface area contributed by atoms with Crippen molar-refractivity contribution in [2.24, 2.45) is 7.05 Å². The van der Waals surface area contributed by atoms with Gasteiger partial charge in [-0.3, -0.25) is 9.48 Å². The average Bonchev–Trinajstić information content (AvgIpc) is 3.40. The molecule has 2 aliphatic rings. The third kappa shape index (κ3) is 3.42. The second-order valence-corrected chi connectivity index (χ2v) is 7.34. The van der Waals surface area contributed by atoms with Crippen molar-refractivity contribution in [3.8, 4) is 0 Å². The Balaban J connectivity index is 1.47. The van der Waals surface area contributed by atoms with Crippen molar-refractivity contribution in [3.63, 3.8) is 0 Å². The second kappa shape index (κ2) is 7.29. The third-order valence-electron chi connectivity index (χ3n) is 5.72. The van der Waals surface area contributed by atoms with Crippen molar-refractivity contribution < 1.29 is 14.3 Å². The highest BCUT2D eigenvalue weighted by Gasteiger charge is 2.53. The number of ether oxygens (including phenoxy) is 2. The molecule has 1 aromatic carbocycles. The fourth-order valence-corrected chi connectivity index (χ4v) is 4.20. The molecular formula is C21H25N3O3. The summed E-state index contributed by atoms with van der Waals surface area (Å²) in [5.41, 5.74) is 1.75. The van der Waals surface area contributed by atoms with Gasteiger partial charge in [0, 0.05) is 32.3 Å². The third-order valence-corrected chi connectivity index (χ3v) is 5.72. The van der Waals surface area contributed by atoms with Crippen molar-refractivity contribution in [1.29, 1.82) is 0 Å². The van der Waals surface area contributed by atoms with Crippen LogP contribution < -0.4 is 0 Å². The molecule has 0 bridgehead atoms.